The predicted molar refractivity (Wildman–Crippen MR) is 123 cm³/mol. The van der Waals surface area contributed by atoms with Gasteiger partial charge in [-0.2, -0.15) is 0 Å². The van der Waals surface area contributed by atoms with E-state index >= 15 is 0 Å². The molecule has 166 valence electrons. The van der Waals surface area contributed by atoms with Crippen molar-refractivity contribution in [1.82, 2.24) is 4.98 Å². The van der Waals surface area contributed by atoms with Gasteiger partial charge >= 0.3 is 0 Å². The third kappa shape index (κ3) is 5.61. The van der Waals surface area contributed by atoms with Crippen molar-refractivity contribution in [2.45, 2.75) is 44.1 Å². The summed E-state index contributed by atoms with van der Waals surface area (Å²) in [4.78, 5) is 16.7. The van der Waals surface area contributed by atoms with Crippen LogP contribution in [-0.4, -0.2) is 24.4 Å². The van der Waals surface area contributed by atoms with Crippen molar-refractivity contribution in [2.24, 2.45) is 11.1 Å². The van der Waals surface area contributed by atoms with E-state index in [1.54, 1.807) is 31.4 Å². The summed E-state index contributed by atoms with van der Waals surface area (Å²) < 4.78 is 24.5. The lowest BCUT2D eigenvalue weighted by atomic mass is 9.90. The number of nitrogens with two attached hydrogens (primary N) is 1. The fourth-order valence-corrected chi connectivity index (χ4v) is 5.18. The number of hydrogen-bond donors (Lipinski definition) is 3. The molecule has 0 bridgehead atoms. The highest BCUT2D eigenvalue weighted by molar-refractivity contribution is 7.89. The number of nitrogens with zero attached hydrogens (tertiary/aromatic N) is 1. The molecule has 1 unspecified atom stereocenters. The summed E-state index contributed by atoms with van der Waals surface area (Å²) in [5.41, 5.74) is 0.658. The Morgan fingerprint density at radius 2 is 2.13 bits per heavy atom. The molecule has 1 atom stereocenters. The molecule has 1 aliphatic rings. The molecule has 1 heterocycles. The number of amides is 1. The Morgan fingerprint density at radius 3 is 2.71 bits per heavy atom. The van der Waals surface area contributed by atoms with Crippen LogP contribution in [0.25, 0.3) is 11.3 Å². The van der Waals surface area contributed by atoms with E-state index in [1.165, 1.54) is 23.5 Å². The van der Waals surface area contributed by atoms with Crippen LogP contribution in [-0.2, 0) is 20.4 Å². The number of aliphatic hydroxyl groups is 1. The summed E-state index contributed by atoms with van der Waals surface area (Å²) in [6.45, 7) is 5.19. The van der Waals surface area contributed by atoms with Gasteiger partial charge in [0.15, 0.2) is 0 Å². The molecule has 7 nitrogen and oxygen atoms in total. The van der Waals surface area contributed by atoms with Crippen LogP contribution in [0.3, 0.4) is 0 Å². The summed E-state index contributed by atoms with van der Waals surface area (Å²) in [6.07, 6.45) is 4.67. The Kier molecular flexibility index (Phi) is 6.73. The largest absolute Gasteiger partial charge is 0.383 e. The number of hydrogen-bond acceptors (Lipinski definition) is 6. The maximum atomic E-state index is 12.6. The van der Waals surface area contributed by atoms with Gasteiger partial charge in [0.1, 0.15) is 10.6 Å². The molecule has 2 aromatic rings. The maximum absolute atomic E-state index is 12.6. The van der Waals surface area contributed by atoms with Gasteiger partial charge in [0.2, 0.25) is 15.9 Å². The monoisotopic (exact) mass is 481 g/mol. The zero-order valence-corrected chi connectivity index (χ0v) is 19.7. The van der Waals surface area contributed by atoms with Gasteiger partial charge in [0, 0.05) is 28.1 Å². The average Bonchev–Trinajstić information content (AvgIpc) is 3.14. The average molecular weight is 482 g/mol. The molecule has 1 aromatic heterocycles. The van der Waals surface area contributed by atoms with Crippen molar-refractivity contribution >= 4 is 44.6 Å². The van der Waals surface area contributed by atoms with Gasteiger partial charge in [-0.1, -0.05) is 24.6 Å². The second-order valence-corrected chi connectivity index (χ2v) is 10.8. The minimum atomic E-state index is -4.10. The zero-order chi connectivity index (χ0) is 23.0. The Hall–Kier alpha value is -2.04. The molecule has 3 rings (SSSR count). The quantitative estimate of drug-likeness (QED) is 0.573. The number of allylic oxidation sites excluding steroid dienone is 3. The number of sulfonamides is 1. The molecule has 1 amide bonds. The number of carbonyl (C=O) groups is 1. The highest BCUT2D eigenvalue weighted by Gasteiger charge is 2.24. The number of rotatable bonds is 6. The first kappa shape index (κ1) is 23.6. The van der Waals surface area contributed by atoms with Crippen LogP contribution in [0.1, 0.15) is 38.6 Å². The molecule has 0 aliphatic heterocycles. The van der Waals surface area contributed by atoms with Crippen molar-refractivity contribution < 1.29 is 18.3 Å². The van der Waals surface area contributed by atoms with Crippen molar-refractivity contribution in [3.05, 3.63) is 51.3 Å². The third-order valence-corrected chi connectivity index (χ3v) is 7.36. The van der Waals surface area contributed by atoms with Crippen LogP contribution >= 0.6 is 22.9 Å². The SMILES string of the molecule is CC1CC=CC(Cl)=C1CC(=O)Nc1ccc(-c2csc(C(C)(C)O)n2)c(S(N)(=O)=O)c1. The lowest BCUT2D eigenvalue weighted by Gasteiger charge is -2.19. The van der Waals surface area contributed by atoms with E-state index in [-0.39, 0.29) is 23.1 Å². The normalized spacial score (nSPS) is 17.2. The third-order valence-electron chi connectivity index (χ3n) is 4.88. The number of benzene rings is 1. The highest BCUT2D eigenvalue weighted by atomic mass is 35.5. The van der Waals surface area contributed by atoms with Gasteiger partial charge in [-0.3, -0.25) is 4.79 Å². The highest BCUT2D eigenvalue weighted by Crippen LogP contribution is 2.34. The van der Waals surface area contributed by atoms with Crippen molar-refractivity contribution in [3.8, 4) is 11.3 Å². The van der Waals surface area contributed by atoms with Gasteiger partial charge in [-0.15, -0.1) is 11.3 Å². The van der Waals surface area contributed by atoms with Crippen molar-refractivity contribution in [1.29, 1.82) is 0 Å². The van der Waals surface area contributed by atoms with Gasteiger partial charge in [-0.25, -0.2) is 18.5 Å². The smallest absolute Gasteiger partial charge is 0.238 e. The van der Waals surface area contributed by atoms with E-state index < -0.39 is 15.6 Å². The molecule has 31 heavy (non-hydrogen) atoms. The summed E-state index contributed by atoms with van der Waals surface area (Å²) in [5.74, 6) is -0.151. The molecule has 0 saturated heterocycles. The Labute approximate surface area is 190 Å². The van der Waals surface area contributed by atoms with Crippen LogP contribution in [0.15, 0.2) is 51.2 Å². The summed E-state index contributed by atoms with van der Waals surface area (Å²) >= 11 is 7.44. The number of halogens is 1. The van der Waals surface area contributed by atoms with E-state index in [0.717, 1.165) is 12.0 Å². The van der Waals surface area contributed by atoms with Crippen LogP contribution in [0.5, 0.6) is 0 Å². The van der Waals surface area contributed by atoms with Crippen molar-refractivity contribution in [2.75, 3.05) is 5.32 Å². The molecular formula is C21H24ClN3O4S2. The molecule has 0 spiro atoms. The topological polar surface area (TPSA) is 122 Å². The molecular weight excluding hydrogens is 458 g/mol. The Morgan fingerprint density at radius 1 is 1.42 bits per heavy atom. The van der Waals surface area contributed by atoms with Crippen LogP contribution < -0.4 is 10.5 Å². The minimum Gasteiger partial charge on any atom is -0.383 e. The van der Waals surface area contributed by atoms with Gasteiger partial charge in [0.05, 0.1) is 10.6 Å². The second-order valence-electron chi connectivity index (χ2n) is 7.99. The minimum absolute atomic E-state index is 0.109. The molecule has 10 heteroatoms. The van der Waals surface area contributed by atoms with Crippen LogP contribution in [0.2, 0.25) is 0 Å². The Bertz CT molecular complexity index is 1180. The van der Waals surface area contributed by atoms with Crippen molar-refractivity contribution in [3.63, 3.8) is 0 Å². The number of thiazole rings is 1. The second kappa shape index (κ2) is 8.84. The molecule has 4 N–H and O–H groups in total. The summed E-state index contributed by atoms with van der Waals surface area (Å²) in [5, 5.41) is 20.9. The molecule has 0 saturated carbocycles. The number of carbonyl (C=O) groups excluding carboxylic acids is 1. The fraction of sp³-hybridized carbons (Fsp3) is 0.333. The molecule has 1 aromatic carbocycles. The summed E-state index contributed by atoms with van der Waals surface area (Å²) in [7, 11) is -4.10. The van der Waals surface area contributed by atoms with E-state index in [2.05, 4.69) is 10.3 Å². The lowest BCUT2D eigenvalue weighted by molar-refractivity contribution is -0.115. The van der Waals surface area contributed by atoms with Gasteiger partial charge in [0.25, 0.3) is 0 Å². The number of primary sulfonamides is 1. The first-order valence-electron chi connectivity index (χ1n) is 9.57. The Balaban J connectivity index is 1.89. The standard InChI is InChI=1S/C21H24ClN3O4S2/c1-12-5-4-6-16(22)15(12)10-19(26)24-13-7-8-14(18(9-13)31(23,28)29)17-11-30-20(25-17)21(2,3)27/h4,6-9,11-12,27H,5,10H2,1-3H3,(H,24,26)(H2,23,28,29). The first-order chi connectivity index (χ1) is 14.4. The molecule has 0 radical (unpaired) electrons. The van der Waals surface area contributed by atoms with E-state index in [4.69, 9.17) is 16.7 Å². The predicted octanol–water partition coefficient (Wildman–Crippen LogP) is 4.10. The van der Waals surface area contributed by atoms with Crippen LogP contribution in [0.4, 0.5) is 5.69 Å². The fourth-order valence-electron chi connectivity index (χ4n) is 3.22. The van der Waals surface area contributed by atoms with E-state index in [0.29, 0.717) is 27.0 Å². The first-order valence-corrected chi connectivity index (χ1v) is 12.4. The van der Waals surface area contributed by atoms with Crippen LogP contribution in [0, 0.1) is 5.92 Å². The molecule has 1 aliphatic carbocycles. The number of anilines is 1. The van der Waals surface area contributed by atoms with Gasteiger partial charge in [-0.05, 0) is 56.0 Å². The zero-order valence-electron chi connectivity index (χ0n) is 17.3. The molecule has 0 fully saturated rings. The number of aromatic nitrogens is 1. The lowest BCUT2D eigenvalue weighted by Crippen LogP contribution is -2.18. The summed E-state index contributed by atoms with van der Waals surface area (Å²) in [6, 6.07) is 4.44. The maximum Gasteiger partial charge on any atom is 0.238 e. The van der Waals surface area contributed by atoms with E-state index in [9.17, 15) is 18.3 Å². The van der Waals surface area contributed by atoms with Gasteiger partial charge < -0.3 is 10.4 Å². The van der Waals surface area contributed by atoms with E-state index in [1.807, 2.05) is 13.0 Å². The number of nitrogens with one attached hydrogen (secondary N) is 1.